The van der Waals surface area contributed by atoms with Crippen LogP contribution in [0.25, 0.3) is 66.8 Å². The Hall–Kier alpha value is -12.0. The number of hydrogen-bond acceptors (Lipinski definition) is 6. The van der Waals surface area contributed by atoms with E-state index in [1.54, 1.807) is 0 Å². The lowest BCUT2D eigenvalue weighted by molar-refractivity contribution is 0.00224. The summed E-state index contributed by atoms with van der Waals surface area (Å²) in [5.74, 6) is 3.98. The lowest BCUT2D eigenvalue weighted by Gasteiger charge is -2.49. The molecule has 0 amide bonds. The molecule has 5 saturated carbocycles. The normalized spacial score (nSPS) is 22.9. The predicted octanol–water partition coefficient (Wildman–Crippen LogP) is 21.5. The molecule has 14 aromatic rings. The molecule has 1 N–H and O–H groups in total. The van der Waals surface area contributed by atoms with Crippen LogP contribution >= 0.6 is 0 Å². The molecule has 1 spiro atoms. The Labute approximate surface area is 651 Å². The summed E-state index contributed by atoms with van der Waals surface area (Å²) in [7, 11) is 0. The van der Waals surface area contributed by atoms with E-state index in [9.17, 15) is 0 Å². The molecule has 25 rings (SSSR count). The van der Waals surface area contributed by atoms with E-state index in [0.29, 0.717) is 29.5 Å². The van der Waals surface area contributed by atoms with Crippen molar-refractivity contribution < 1.29 is 0 Å². The maximum absolute atomic E-state index is 4.55. The smallest absolute Gasteiger partial charge is 0.252 e. The van der Waals surface area contributed by atoms with Crippen LogP contribution < -0.4 is 62.6 Å². The predicted molar refractivity (Wildman–Crippen MR) is 465 cm³/mol. The standard InChI is InChI=1S/C103H82B2N6/c1-7-26-65(27-8-1)80-38-23-39-81(66-28-9-2-10-29-66)100(80)109-92-46-21-19-44-86(92)104-88-59-89-94(60-90(88)106-91-55-77(58-95(109)98(91)104)108-78-53-73-52-74-54-79(108)62-103(73,74)61-78)111(102-84(69-34-15-5-16-35-69)42-25-43-85(102)70-36-17-6-18-37-70)97-57-76(107-63-72-49-64-48-71(72)51-75(107)50-64)56-96-99(97)105(89)87-45-20-22-47-93(87)110(96)101-82(67-30-11-3-12-31-67)40-24-41-83(101)68-32-13-4-14-33-68/h1-47,55-60,64,71-75,78-79,106H,48-54,61-63H2. The van der Waals surface area contributed by atoms with Crippen LogP contribution in [0.4, 0.5) is 73.9 Å². The van der Waals surface area contributed by atoms with Gasteiger partial charge in [0, 0.05) is 115 Å². The van der Waals surface area contributed by atoms with Crippen molar-refractivity contribution in [1.29, 1.82) is 0 Å². The first-order valence-corrected chi connectivity index (χ1v) is 41.2. The van der Waals surface area contributed by atoms with Crippen LogP contribution in [0.2, 0.25) is 0 Å². The highest BCUT2D eigenvalue weighted by Crippen LogP contribution is 2.73. The third kappa shape index (κ3) is 9.16. The number of fused-ring (bicyclic) bond motifs is 12. The minimum atomic E-state index is -0.186. The minimum Gasteiger partial charge on any atom is -0.368 e. The van der Waals surface area contributed by atoms with E-state index in [1.807, 2.05) is 0 Å². The first kappa shape index (κ1) is 62.9. The molecule has 111 heavy (non-hydrogen) atoms. The summed E-state index contributed by atoms with van der Waals surface area (Å²) in [6.07, 6.45) is 11.9. The molecule has 7 fully saturated rings. The van der Waals surface area contributed by atoms with Crippen molar-refractivity contribution in [1.82, 2.24) is 0 Å². The zero-order chi connectivity index (χ0) is 72.3. The number of hydrogen-bond donors (Lipinski definition) is 1. The number of piperidine rings is 2. The largest absolute Gasteiger partial charge is 0.368 e. The molecule has 6 bridgehead atoms. The van der Waals surface area contributed by atoms with Gasteiger partial charge >= 0.3 is 0 Å². The Kier molecular flexibility index (Phi) is 13.6. The van der Waals surface area contributed by atoms with Gasteiger partial charge in [-0.25, -0.2) is 0 Å². The fraction of sp³-hybridized carbons (Fsp3) is 0.184. The molecule has 11 aliphatic rings. The lowest BCUT2D eigenvalue weighted by Crippen LogP contribution is -2.65. The summed E-state index contributed by atoms with van der Waals surface area (Å²) >= 11 is 0. The van der Waals surface area contributed by atoms with Crippen molar-refractivity contribution >= 4 is 120 Å². The van der Waals surface area contributed by atoms with Crippen LogP contribution in [0.3, 0.4) is 0 Å². The number of para-hydroxylation sites is 5. The van der Waals surface area contributed by atoms with Crippen LogP contribution in [0.15, 0.2) is 322 Å². The third-order valence-corrected chi connectivity index (χ3v) is 29.1. The molecular weight excluding hydrogens is 1340 g/mol. The maximum Gasteiger partial charge on any atom is 0.252 e. The van der Waals surface area contributed by atoms with E-state index in [4.69, 9.17) is 0 Å². The number of anilines is 13. The molecule has 2 saturated heterocycles. The Bertz CT molecular complexity index is 5950. The molecule has 6 nitrogen and oxygen atoms in total. The Balaban J connectivity index is 0.791. The van der Waals surface area contributed by atoms with Gasteiger partial charge in [-0.3, -0.25) is 0 Å². The average Bonchev–Trinajstić information content (AvgIpc) is 1.66. The zero-order valence-electron chi connectivity index (χ0n) is 62.2. The van der Waals surface area contributed by atoms with Gasteiger partial charge < -0.3 is 29.8 Å². The molecule has 0 radical (unpaired) electrons. The number of rotatable bonds is 11. The second-order valence-electron chi connectivity index (χ2n) is 34.3. The van der Waals surface area contributed by atoms with Crippen LogP contribution in [0, 0.1) is 35.0 Å². The number of nitrogens with one attached hydrogen (secondary N) is 1. The van der Waals surface area contributed by atoms with Gasteiger partial charge in [-0.15, -0.1) is 0 Å². The topological polar surface area (TPSA) is 28.2 Å². The van der Waals surface area contributed by atoms with E-state index in [0.717, 1.165) is 35.9 Å². The summed E-state index contributed by atoms with van der Waals surface area (Å²) in [4.78, 5) is 14.2. The van der Waals surface area contributed by atoms with E-state index in [1.165, 1.54) is 226 Å². The Morgan fingerprint density at radius 3 is 1.16 bits per heavy atom. The first-order valence-electron chi connectivity index (χ1n) is 41.2. The van der Waals surface area contributed by atoms with Crippen molar-refractivity contribution in [3.05, 3.63) is 322 Å². The first-order chi connectivity index (χ1) is 55.0. The van der Waals surface area contributed by atoms with Gasteiger partial charge in [-0.05, 0) is 201 Å². The SMILES string of the molecule is c1ccc(-c2cccc(-c3ccccc3)c2N2c3ccccc3B3c4cc5c(cc4Nc4cc(N6C7CC8CC9CC6CC89C7)cc2c43)N(c2c(-c3ccccc3)cccc2-c2ccccc2)c2cc(N3CC4CC6CC4CC3C6)cc3c2B5c2ccccc2N3c2c(-c3ccccc3)cccc2-c2ccccc2)cc1. The van der Waals surface area contributed by atoms with Crippen molar-refractivity contribution in [2.45, 2.75) is 75.9 Å². The second kappa shape index (κ2) is 24.0. The molecule has 8 unspecified atom stereocenters. The summed E-state index contributed by atoms with van der Waals surface area (Å²) < 4.78 is 0. The van der Waals surface area contributed by atoms with Crippen molar-refractivity contribution in [2.24, 2.45) is 35.0 Å². The van der Waals surface area contributed by atoms with E-state index in [-0.39, 0.29) is 13.4 Å². The monoisotopic (exact) mass is 1420 g/mol. The highest BCUT2D eigenvalue weighted by Gasteiger charge is 2.69. The molecule has 5 aliphatic carbocycles. The molecule has 6 heterocycles. The van der Waals surface area contributed by atoms with Gasteiger partial charge in [-0.1, -0.05) is 279 Å². The van der Waals surface area contributed by atoms with Gasteiger partial charge in [0.1, 0.15) is 0 Å². The number of nitrogens with zero attached hydrogens (tertiary/aromatic N) is 5. The molecule has 6 aliphatic heterocycles. The molecule has 14 aromatic carbocycles. The van der Waals surface area contributed by atoms with E-state index >= 15 is 0 Å². The van der Waals surface area contributed by atoms with Gasteiger partial charge in [-0.2, -0.15) is 0 Å². The quantitative estimate of drug-likeness (QED) is 0.130. The van der Waals surface area contributed by atoms with E-state index < -0.39 is 0 Å². The van der Waals surface area contributed by atoms with Gasteiger partial charge in [0.15, 0.2) is 0 Å². The molecule has 8 heteroatoms. The molecular formula is C103H82B2N6. The van der Waals surface area contributed by atoms with Gasteiger partial charge in [0.05, 0.1) is 17.1 Å². The highest BCUT2D eigenvalue weighted by molar-refractivity contribution is 7.03. The molecule has 8 atom stereocenters. The van der Waals surface area contributed by atoms with Gasteiger partial charge in [0.2, 0.25) is 0 Å². The molecule has 0 aromatic heterocycles. The van der Waals surface area contributed by atoms with Crippen LogP contribution in [0.5, 0.6) is 0 Å². The van der Waals surface area contributed by atoms with Crippen LogP contribution in [0.1, 0.15) is 57.8 Å². The van der Waals surface area contributed by atoms with E-state index in [2.05, 4.69) is 351 Å². The second-order valence-corrected chi connectivity index (χ2v) is 34.3. The summed E-state index contributed by atoms with van der Waals surface area (Å²) in [6.45, 7) is 0.760. The van der Waals surface area contributed by atoms with Gasteiger partial charge in [0.25, 0.3) is 13.4 Å². The zero-order valence-corrected chi connectivity index (χ0v) is 62.2. The maximum atomic E-state index is 4.55. The lowest BCUT2D eigenvalue weighted by atomic mass is 9.30. The minimum absolute atomic E-state index is 0.138. The Morgan fingerprint density at radius 2 is 0.694 bits per heavy atom. The Morgan fingerprint density at radius 1 is 0.288 bits per heavy atom. The fourth-order valence-corrected chi connectivity index (χ4v) is 24.8. The van der Waals surface area contributed by atoms with Crippen molar-refractivity contribution in [3.8, 4) is 66.8 Å². The average molecular weight is 1430 g/mol. The highest BCUT2D eigenvalue weighted by atomic mass is 15.3. The summed E-state index contributed by atoms with van der Waals surface area (Å²) in [5.41, 5.74) is 38.8. The van der Waals surface area contributed by atoms with Crippen molar-refractivity contribution in [2.75, 3.05) is 36.4 Å². The third-order valence-electron chi connectivity index (χ3n) is 29.1. The number of benzene rings is 14. The molecule has 530 valence electrons. The summed E-state index contributed by atoms with van der Waals surface area (Å²) in [6, 6.07) is 125. The fourth-order valence-electron chi connectivity index (χ4n) is 24.8. The van der Waals surface area contributed by atoms with Crippen LogP contribution in [-0.2, 0) is 0 Å². The van der Waals surface area contributed by atoms with Crippen LogP contribution in [-0.4, -0.2) is 38.1 Å². The van der Waals surface area contributed by atoms with Crippen molar-refractivity contribution in [3.63, 3.8) is 0 Å². The summed E-state index contributed by atoms with van der Waals surface area (Å²) in [5, 5.41) is 4.55.